The Hall–Kier alpha value is -4.52. The molecule has 1 heterocycles. The number of pyridine rings is 1. The highest BCUT2D eigenvalue weighted by Gasteiger charge is 2.20. The first-order chi connectivity index (χ1) is 17.3. The smallest absolute Gasteiger partial charge is 0.323 e. The summed E-state index contributed by atoms with van der Waals surface area (Å²) >= 11 is 0. The Morgan fingerprint density at radius 1 is 0.778 bits per heavy atom. The lowest BCUT2D eigenvalue weighted by molar-refractivity contribution is 0.262. The molecule has 3 N–H and O–H groups in total. The van der Waals surface area contributed by atoms with Gasteiger partial charge in [-0.15, -0.1) is 0 Å². The number of hydrogen-bond acceptors (Lipinski definition) is 5. The van der Waals surface area contributed by atoms with Gasteiger partial charge in [-0.05, 0) is 72.1 Å². The maximum atomic E-state index is 12.7. The van der Waals surface area contributed by atoms with Crippen molar-refractivity contribution in [2.75, 3.05) is 23.1 Å². The number of nitrogens with one attached hydrogen (secondary N) is 3. The Morgan fingerprint density at radius 3 is 2.08 bits per heavy atom. The van der Waals surface area contributed by atoms with E-state index >= 15 is 0 Å². The van der Waals surface area contributed by atoms with Crippen molar-refractivity contribution >= 4 is 28.8 Å². The van der Waals surface area contributed by atoms with Crippen LogP contribution in [0.1, 0.15) is 26.3 Å². The van der Waals surface area contributed by atoms with E-state index in [2.05, 4.69) is 41.7 Å². The third-order valence-electron chi connectivity index (χ3n) is 5.44. The largest absolute Gasteiger partial charge is 0.497 e. The van der Waals surface area contributed by atoms with Crippen molar-refractivity contribution in [3.05, 3.63) is 96.7 Å². The molecule has 0 saturated carbocycles. The van der Waals surface area contributed by atoms with Crippen LogP contribution < -0.4 is 25.4 Å². The SMILES string of the molecule is COc1ccc(Nc2ccc(NC(=O)Nc3cccnc3Oc3ccccc3C(C)(C)C)cc2)cc1. The fourth-order valence-corrected chi connectivity index (χ4v) is 3.61. The quantitative estimate of drug-likeness (QED) is 0.253. The first-order valence-corrected chi connectivity index (χ1v) is 11.6. The predicted octanol–water partition coefficient (Wildman–Crippen LogP) is 7.57. The highest BCUT2D eigenvalue weighted by atomic mass is 16.5. The van der Waals surface area contributed by atoms with Crippen LogP contribution in [0.5, 0.6) is 17.4 Å². The molecule has 0 unspecified atom stereocenters. The van der Waals surface area contributed by atoms with E-state index in [9.17, 15) is 4.79 Å². The van der Waals surface area contributed by atoms with Crippen LogP contribution in [0.2, 0.25) is 0 Å². The molecule has 1 aromatic heterocycles. The summed E-state index contributed by atoms with van der Waals surface area (Å²) in [6.07, 6.45) is 1.63. The normalized spacial score (nSPS) is 10.9. The molecule has 0 atom stereocenters. The minimum Gasteiger partial charge on any atom is -0.497 e. The number of aromatic nitrogens is 1. The molecule has 0 aliphatic rings. The summed E-state index contributed by atoms with van der Waals surface area (Å²) in [5.41, 5.74) is 3.89. The Morgan fingerprint density at radius 2 is 1.42 bits per heavy atom. The summed E-state index contributed by atoms with van der Waals surface area (Å²) in [6.45, 7) is 6.37. The predicted molar refractivity (Wildman–Crippen MR) is 145 cm³/mol. The van der Waals surface area contributed by atoms with Gasteiger partial charge in [0.25, 0.3) is 0 Å². The molecular formula is C29H30N4O3. The number of rotatable bonds is 7. The topological polar surface area (TPSA) is 84.5 Å². The Bertz CT molecular complexity index is 1310. The van der Waals surface area contributed by atoms with E-state index < -0.39 is 6.03 Å². The fourth-order valence-electron chi connectivity index (χ4n) is 3.61. The number of anilines is 4. The van der Waals surface area contributed by atoms with Crippen LogP contribution in [-0.4, -0.2) is 18.1 Å². The molecule has 2 amide bonds. The lowest BCUT2D eigenvalue weighted by atomic mass is 9.86. The van der Waals surface area contributed by atoms with Crippen molar-refractivity contribution in [2.45, 2.75) is 26.2 Å². The standard InChI is InChI=1S/C29H30N4O3/c1-29(2,3)24-8-5-6-10-26(24)36-27-25(9-7-19-30-27)33-28(34)32-22-13-11-20(12-14-22)31-21-15-17-23(35-4)18-16-21/h5-19,31H,1-4H3,(H2,32,33,34). The summed E-state index contributed by atoms with van der Waals surface area (Å²) in [4.78, 5) is 17.1. The Balaban J connectivity index is 1.40. The molecule has 184 valence electrons. The highest BCUT2D eigenvalue weighted by molar-refractivity contribution is 6.00. The van der Waals surface area contributed by atoms with E-state index in [0.717, 1.165) is 22.7 Å². The van der Waals surface area contributed by atoms with E-state index in [1.165, 1.54) is 0 Å². The molecule has 0 fully saturated rings. The molecule has 4 aromatic rings. The summed E-state index contributed by atoms with van der Waals surface area (Å²) in [5, 5.41) is 9.00. The zero-order valence-electron chi connectivity index (χ0n) is 20.8. The number of methoxy groups -OCH3 is 1. The van der Waals surface area contributed by atoms with Gasteiger partial charge in [-0.25, -0.2) is 9.78 Å². The Kier molecular flexibility index (Phi) is 7.39. The van der Waals surface area contributed by atoms with Gasteiger partial charge in [0.05, 0.1) is 7.11 Å². The molecular weight excluding hydrogens is 452 g/mol. The van der Waals surface area contributed by atoms with Gasteiger partial charge in [-0.3, -0.25) is 0 Å². The lowest BCUT2D eigenvalue weighted by Crippen LogP contribution is -2.20. The van der Waals surface area contributed by atoms with Crippen molar-refractivity contribution in [2.24, 2.45) is 0 Å². The van der Waals surface area contributed by atoms with Crippen molar-refractivity contribution in [3.63, 3.8) is 0 Å². The zero-order valence-corrected chi connectivity index (χ0v) is 20.8. The lowest BCUT2D eigenvalue weighted by Gasteiger charge is -2.22. The van der Waals surface area contributed by atoms with E-state index in [0.29, 0.717) is 23.0 Å². The number of urea groups is 1. The van der Waals surface area contributed by atoms with Gasteiger partial charge in [0.15, 0.2) is 0 Å². The first kappa shape index (κ1) is 24.6. The third kappa shape index (κ3) is 6.33. The molecule has 0 radical (unpaired) electrons. The number of carbonyl (C=O) groups is 1. The molecule has 0 aliphatic heterocycles. The van der Waals surface area contributed by atoms with Crippen LogP contribution in [0.4, 0.5) is 27.5 Å². The summed E-state index contributed by atoms with van der Waals surface area (Å²) < 4.78 is 11.3. The second-order valence-electron chi connectivity index (χ2n) is 9.21. The molecule has 36 heavy (non-hydrogen) atoms. The minimum atomic E-state index is -0.396. The monoisotopic (exact) mass is 482 g/mol. The summed E-state index contributed by atoms with van der Waals surface area (Å²) in [7, 11) is 1.64. The van der Waals surface area contributed by atoms with E-state index in [1.54, 1.807) is 25.4 Å². The van der Waals surface area contributed by atoms with Crippen LogP contribution in [0.25, 0.3) is 0 Å². The van der Waals surface area contributed by atoms with Gasteiger partial charge in [0.2, 0.25) is 5.88 Å². The second kappa shape index (κ2) is 10.8. The number of carbonyl (C=O) groups excluding carboxylic acids is 1. The number of para-hydroxylation sites is 1. The van der Waals surface area contributed by atoms with Gasteiger partial charge in [-0.1, -0.05) is 39.0 Å². The molecule has 0 bridgehead atoms. The second-order valence-corrected chi connectivity index (χ2v) is 9.21. The molecule has 4 rings (SSSR count). The van der Waals surface area contributed by atoms with E-state index in [-0.39, 0.29) is 5.41 Å². The number of amides is 2. The molecule has 7 nitrogen and oxygen atoms in total. The van der Waals surface area contributed by atoms with Crippen LogP contribution >= 0.6 is 0 Å². The molecule has 0 saturated heterocycles. The van der Waals surface area contributed by atoms with Gasteiger partial charge < -0.3 is 25.4 Å². The van der Waals surface area contributed by atoms with Gasteiger partial charge in [-0.2, -0.15) is 0 Å². The fraction of sp³-hybridized carbons (Fsp3) is 0.172. The van der Waals surface area contributed by atoms with Crippen LogP contribution in [0.15, 0.2) is 91.1 Å². The van der Waals surface area contributed by atoms with E-state index in [4.69, 9.17) is 9.47 Å². The Labute approximate surface area is 211 Å². The minimum absolute atomic E-state index is 0.106. The van der Waals surface area contributed by atoms with Crippen molar-refractivity contribution < 1.29 is 14.3 Å². The molecule has 7 heteroatoms. The van der Waals surface area contributed by atoms with Gasteiger partial charge >= 0.3 is 6.03 Å². The average Bonchev–Trinajstić information content (AvgIpc) is 2.86. The molecule has 0 aliphatic carbocycles. The van der Waals surface area contributed by atoms with E-state index in [1.807, 2.05) is 72.8 Å². The number of ether oxygens (including phenoxy) is 2. The van der Waals surface area contributed by atoms with Crippen LogP contribution in [0.3, 0.4) is 0 Å². The maximum absolute atomic E-state index is 12.7. The third-order valence-corrected chi connectivity index (χ3v) is 5.44. The summed E-state index contributed by atoms with van der Waals surface area (Å²) in [6, 6.07) is 26.0. The van der Waals surface area contributed by atoms with Gasteiger partial charge in [0, 0.05) is 28.8 Å². The molecule has 0 spiro atoms. The zero-order chi connectivity index (χ0) is 25.5. The first-order valence-electron chi connectivity index (χ1n) is 11.6. The maximum Gasteiger partial charge on any atom is 0.323 e. The van der Waals surface area contributed by atoms with Crippen molar-refractivity contribution in [1.82, 2.24) is 4.98 Å². The van der Waals surface area contributed by atoms with Crippen LogP contribution in [-0.2, 0) is 5.41 Å². The summed E-state index contributed by atoms with van der Waals surface area (Å²) in [5.74, 6) is 1.82. The van der Waals surface area contributed by atoms with Crippen LogP contribution in [0, 0.1) is 0 Å². The molecule has 3 aromatic carbocycles. The van der Waals surface area contributed by atoms with Crippen molar-refractivity contribution in [1.29, 1.82) is 0 Å². The van der Waals surface area contributed by atoms with Gasteiger partial charge in [0.1, 0.15) is 17.2 Å². The highest BCUT2D eigenvalue weighted by Crippen LogP contribution is 2.35. The number of nitrogens with zero attached hydrogens (tertiary/aromatic N) is 1. The average molecular weight is 483 g/mol. The number of benzene rings is 3. The number of hydrogen-bond donors (Lipinski definition) is 3. The van der Waals surface area contributed by atoms with Crippen molar-refractivity contribution in [3.8, 4) is 17.4 Å².